The van der Waals surface area contributed by atoms with Crippen molar-refractivity contribution in [1.82, 2.24) is 0 Å². The molecule has 1 fully saturated rings. The molecule has 2 rings (SSSR count). The Morgan fingerprint density at radius 1 is 1.18 bits per heavy atom. The van der Waals surface area contributed by atoms with Crippen LogP contribution in [-0.4, -0.2) is 44.1 Å². The van der Waals surface area contributed by atoms with Gasteiger partial charge in [-0.15, -0.1) is 0 Å². The third-order valence-corrected chi connectivity index (χ3v) is 4.37. The molecule has 0 unspecified atom stereocenters. The van der Waals surface area contributed by atoms with Crippen molar-refractivity contribution in [2.24, 2.45) is 0 Å². The normalized spacial score (nSPS) is 23.5. The molecule has 1 aromatic rings. The molecule has 28 heavy (non-hydrogen) atoms. The zero-order valence-corrected chi connectivity index (χ0v) is 17.3. The van der Waals surface area contributed by atoms with Gasteiger partial charge in [-0.1, -0.05) is 43.5 Å². The number of ether oxygens (including phenoxy) is 5. The summed E-state index contributed by atoms with van der Waals surface area (Å²) in [6, 6.07) is 10.0. The van der Waals surface area contributed by atoms with Crippen molar-refractivity contribution in [3.63, 3.8) is 0 Å². The first-order chi connectivity index (χ1) is 13.5. The fraction of sp³-hybridized carbons (Fsp3) is 0.565. The van der Waals surface area contributed by atoms with Crippen LogP contribution in [0.15, 0.2) is 55.1 Å². The van der Waals surface area contributed by atoms with Gasteiger partial charge in [0.15, 0.2) is 12.6 Å². The standard InChI is InChI=1S/C23H34O5/c1-6-22(28-21-12-13-23(26-17(2)3)27-19(21)5)25-15-18(4)14-24-16-20-10-8-7-9-11-20/h6-11,17,19,21-23H,1,4,12-16H2,2-3,5H3/t19-,21+,22-,23+/m0/s1. The smallest absolute Gasteiger partial charge is 0.177 e. The Balaban J connectivity index is 1.66. The maximum Gasteiger partial charge on any atom is 0.177 e. The second kappa shape index (κ2) is 12.1. The largest absolute Gasteiger partial charge is 0.372 e. The van der Waals surface area contributed by atoms with Crippen LogP contribution >= 0.6 is 0 Å². The van der Waals surface area contributed by atoms with Crippen LogP contribution in [0.1, 0.15) is 39.2 Å². The van der Waals surface area contributed by atoms with Crippen LogP contribution in [0, 0.1) is 0 Å². The lowest BCUT2D eigenvalue weighted by molar-refractivity contribution is -0.257. The average Bonchev–Trinajstić information content (AvgIpc) is 2.67. The molecule has 1 saturated heterocycles. The van der Waals surface area contributed by atoms with E-state index in [1.807, 2.05) is 51.1 Å². The van der Waals surface area contributed by atoms with E-state index in [9.17, 15) is 0 Å². The molecule has 5 nitrogen and oxygen atoms in total. The summed E-state index contributed by atoms with van der Waals surface area (Å²) in [6.45, 7) is 15.2. The van der Waals surface area contributed by atoms with E-state index in [4.69, 9.17) is 23.7 Å². The first-order valence-electron chi connectivity index (χ1n) is 9.96. The van der Waals surface area contributed by atoms with E-state index in [1.54, 1.807) is 6.08 Å². The molecule has 1 heterocycles. The maximum absolute atomic E-state index is 6.03. The van der Waals surface area contributed by atoms with Crippen LogP contribution in [0.4, 0.5) is 0 Å². The molecule has 0 radical (unpaired) electrons. The van der Waals surface area contributed by atoms with Crippen molar-refractivity contribution in [3.05, 3.63) is 60.7 Å². The van der Waals surface area contributed by atoms with Crippen LogP contribution in [0.2, 0.25) is 0 Å². The van der Waals surface area contributed by atoms with Crippen molar-refractivity contribution >= 4 is 0 Å². The Bertz CT molecular complexity index is 586. The molecule has 0 N–H and O–H groups in total. The van der Waals surface area contributed by atoms with Gasteiger partial charge >= 0.3 is 0 Å². The molecule has 156 valence electrons. The SMILES string of the molecule is C=C[C@@H](OCC(=C)COCc1ccccc1)O[C@@H]1CC[C@H](OC(C)C)O[C@H]1C. The molecule has 1 aliphatic heterocycles. The van der Waals surface area contributed by atoms with Crippen molar-refractivity contribution in [3.8, 4) is 0 Å². The number of benzene rings is 1. The predicted octanol–water partition coefficient (Wildman–Crippen LogP) is 4.62. The lowest BCUT2D eigenvalue weighted by Crippen LogP contribution is -2.42. The van der Waals surface area contributed by atoms with E-state index in [0.717, 1.165) is 24.0 Å². The Kier molecular flexibility index (Phi) is 9.88. The van der Waals surface area contributed by atoms with Gasteiger partial charge in [0.2, 0.25) is 0 Å². The van der Waals surface area contributed by atoms with Gasteiger partial charge in [0.25, 0.3) is 0 Å². The molecule has 5 heteroatoms. The number of rotatable bonds is 12. The summed E-state index contributed by atoms with van der Waals surface area (Å²) in [5.74, 6) is 0. The summed E-state index contributed by atoms with van der Waals surface area (Å²) in [7, 11) is 0. The van der Waals surface area contributed by atoms with Gasteiger partial charge in [-0.3, -0.25) is 0 Å². The summed E-state index contributed by atoms with van der Waals surface area (Å²) in [4.78, 5) is 0. The molecule has 0 saturated carbocycles. The third kappa shape index (κ3) is 8.25. The molecular formula is C23H34O5. The minimum Gasteiger partial charge on any atom is -0.372 e. The highest BCUT2D eigenvalue weighted by atomic mass is 16.7. The summed E-state index contributed by atoms with van der Waals surface area (Å²) in [6.07, 6.45) is 2.66. The Hall–Kier alpha value is -1.50. The van der Waals surface area contributed by atoms with Crippen LogP contribution in [0.3, 0.4) is 0 Å². The topological polar surface area (TPSA) is 46.2 Å². The van der Waals surface area contributed by atoms with E-state index >= 15 is 0 Å². The second-order valence-electron chi connectivity index (χ2n) is 7.35. The van der Waals surface area contributed by atoms with Crippen molar-refractivity contribution < 1.29 is 23.7 Å². The molecule has 0 amide bonds. The number of hydrogen-bond acceptors (Lipinski definition) is 5. The van der Waals surface area contributed by atoms with E-state index < -0.39 is 6.29 Å². The summed E-state index contributed by atoms with van der Waals surface area (Å²) in [5, 5.41) is 0. The van der Waals surface area contributed by atoms with Crippen LogP contribution in [-0.2, 0) is 30.3 Å². The van der Waals surface area contributed by atoms with Crippen LogP contribution in [0.25, 0.3) is 0 Å². The second-order valence-corrected chi connectivity index (χ2v) is 7.35. The quantitative estimate of drug-likeness (QED) is 0.385. The molecule has 0 spiro atoms. The molecule has 1 aliphatic rings. The molecular weight excluding hydrogens is 356 g/mol. The minimum absolute atomic E-state index is 0.0578. The summed E-state index contributed by atoms with van der Waals surface area (Å²) < 4.78 is 29.1. The molecule has 4 atom stereocenters. The lowest BCUT2D eigenvalue weighted by Gasteiger charge is -2.36. The highest BCUT2D eigenvalue weighted by molar-refractivity contribution is 5.13. The predicted molar refractivity (Wildman–Crippen MR) is 110 cm³/mol. The average molecular weight is 391 g/mol. The maximum atomic E-state index is 6.03. The lowest BCUT2D eigenvalue weighted by atomic mass is 10.1. The molecule has 0 bridgehead atoms. The van der Waals surface area contributed by atoms with Crippen molar-refractivity contribution in [1.29, 1.82) is 0 Å². The zero-order valence-electron chi connectivity index (χ0n) is 17.3. The summed E-state index contributed by atoms with van der Waals surface area (Å²) in [5.41, 5.74) is 1.99. The minimum atomic E-state index is -0.510. The molecule has 1 aromatic carbocycles. The van der Waals surface area contributed by atoms with E-state index in [0.29, 0.717) is 19.8 Å². The molecule has 0 aromatic heterocycles. The zero-order chi connectivity index (χ0) is 20.4. The van der Waals surface area contributed by atoms with Crippen LogP contribution in [0.5, 0.6) is 0 Å². The highest BCUT2D eigenvalue weighted by Gasteiger charge is 2.31. The van der Waals surface area contributed by atoms with Gasteiger partial charge in [0.05, 0.1) is 38.1 Å². The van der Waals surface area contributed by atoms with E-state index in [2.05, 4.69) is 13.2 Å². The third-order valence-electron chi connectivity index (χ3n) is 4.37. The van der Waals surface area contributed by atoms with Gasteiger partial charge in [-0.05, 0) is 44.4 Å². The fourth-order valence-corrected chi connectivity index (χ4v) is 2.98. The highest BCUT2D eigenvalue weighted by Crippen LogP contribution is 2.25. The number of hydrogen-bond donors (Lipinski definition) is 0. The Morgan fingerprint density at radius 2 is 1.93 bits per heavy atom. The Morgan fingerprint density at radius 3 is 2.57 bits per heavy atom. The van der Waals surface area contributed by atoms with E-state index in [-0.39, 0.29) is 24.6 Å². The van der Waals surface area contributed by atoms with Crippen molar-refractivity contribution in [2.75, 3.05) is 13.2 Å². The van der Waals surface area contributed by atoms with Gasteiger partial charge in [0.1, 0.15) is 0 Å². The fourth-order valence-electron chi connectivity index (χ4n) is 2.98. The first-order valence-corrected chi connectivity index (χ1v) is 9.96. The Labute approximate surface area is 169 Å². The monoisotopic (exact) mass is 390 g/mol. The van der Waals surface area contributed by atoms with Gasteiger partial charge in [0, 0.05) is 6.42 Å². The van der Waals surface area contributed by atoms with E-state index in [1.165, 1.54) is 0 Å². The first kappa shape index (κ1) is 22.8. The van der Waals surface area contributed by atoms with Gasteiger partial charge in [-0.25, -0.2) is 0 Å². The summed E-state index contributed by atoms with van der Waals surface area (Å²) >= 11 is 0. The molecule has 0 aliphatic carbocycles. The van der Waals surface area contributed by atoms with Gasteiger partial charge in [-0.2, -0.15) is 0 Å². The van der Waals surface area contributed by atoms with Crippen molar-refractivity contribution in [2.45, 2.75) is 71.1 Å². The van der Waals surface area contributed by atoms with Gasteiger partial charge < -0.3 is 23.7 Å². The van der Waals surface area contributed by atoms with Crippen LogP contribution < -0.4 is 0 Å².